The molecule has 1 atom stereocenters. The number of aliphatic imine (C=N–C) groups is 1. The summed E-state index contributed by atoms with van der Waals surface area (Å²) in [5.41, 5.74) is 6.39. The molecule has 23 heavy (non-hydrogen) atoms. The van der Waals surface area contributed by atoms with E-state index in [2.05, 4.69) is 20.2 Å². The van der Waals surface area contributed by atoms with Gasteiger partial charge in [-0.2, -0.15) is 0 Å². The Morgan fingerprint density at radius 3 is 3.13 bits per heavy atom. The summed E-state index contributed by atoms with van der Waals surface area (Å²) in [6.45, 7) is 2.39. The third-order valence-electron chi connectivity index (χ3n) is 3.98. The van der Waals surface area contributed by atoms with E-state index in [9.17, 15) is 4.79 Å². The number of guanidine groups is 1. The zero-order valence-electron chi connectivity index (χ0n) is 13.8. The van der Waals surface area contributed by atoms with Crippen LogP contribution in [0.2, 0.25) is 0 Å². The van der Waals surface area contributed by atoms with Crippen LogP contribution in [-0.2, 0) is 11.3 Å². The zero-order valence-corrected chi connectivity index (χ0v) is 13.8. The van der Waals surface area contributed by atoms with Crippen LogP contribution < -0.4 is 15.8 Å². The van der Waals surface area contributed by atoms with Gasteiger partial charge < -0.3 is 20.7 Å². The van der Waals surface area contributed by atoms with Crippen molar-refractivity contribution in [3.05, 3.63) is 23.9 Å². The molecule has 7 nitrogen and oxygen atoms in total. The van der Waals surface area contributed by atoms with Gasteiger partial charge in [0.15, 0.2) is 5.96 Å². The Bertz CT molecular complexity index is 561. The number of nitrogens with one attached hydrogen (secondary N) is 1. The summed E-state index contributed by atoms with van der Waals surface area (Å²) < 4.78 is 5.13. The first-order valence-electron chi connectivity index (χ1n) is 7.85. The summed E-state index contributed by atoms with van der Waals surface area (Å²) in [5, 5.41) is 3.36. The summed E-state index contributed by atoms with van der Waals surface area (Å²) in [6, 6.07) is 3.83. The Labute approximate surface area is 136 Å². The van der Waals surface area contributed by atoms with Gasteiger partial charge in [0.05, 0.1) is 7.11 Å². The lowest BCUT2D eigenvalue weighted by atomic mass is 9.95. The van der Waals surface area contributed by atoms with Crippen molar-refractivity contribution >= 4 is 11.9 Å². The third-order valence-corrected chi connectivity index (χ3v) is 3.98. The molecule has 3 N–H and O–H groups in total. The van der Waals surface area contributed by atoms with Gasteiger partial charge in [0.25, 0.3) is 0 Å². The molecule has 0 aromatic carbocycles. The summed E-state index contributed by atoms with van der Waals surface area (Å²) >= 11 is 0. The molecule has 0 spiro atoms. The fraction of sp³-hybridized carbons (Fsp3) is 0.562. The highest BCUT2D eigenvalue weighted by Crippen LogP contribution is 2.19. The van der Waals surface area contributed by atoms with Crippen molar-refractivity contribution in [1.29, 1.82) is 0 Å². The number of amides is 1. The van der Waals surface area contributed by atoms with Crippen molar-refractivity contribution in [2.24, 2.45) is 16.6 Å². The lowest BCUT2D eigenvalue weighted by molar-refractivity contribution is -0.119. The van der Waals surface area contributed by atoms with E-state index in [-0.39, 0.29) is 5.91 Å². The van der Waals surface area contributed by atoms with E-state index in [0.29, 0.717) is 24.8 Å². The Kier molecular flexibility index (Phi) is 6.19. The van der Waals surface area contributed by atoms with Crippen molar-refractivity contribution < 1.29 is 9.53 Å². The van der Waals surface area contributed by atoms with Gasteiger partial charge in [-0.15, -0.1) is 0 Å². The highest BCUT2D eigenvalue weighted by molar-refractivity contribution is 5.80. The van der Waals surface area contributed by atoms with E-state index >= 15 is 0 Å². The van der Waals surface area contributed by atoms with Gasteiger partial charge in [-0.25, -0.2) is 4.98 Å². The Morgan fingerprint density at radius 2 is 2.43 bits per heavy atom. The SMILES string of the molecule is CN=C(NCc1ccnc(OC)c1)N1CCCC(CC(N)=O)C1. The molecule has 1 aromatic rings. The molecule has 0 radical (unpaired) electrons. The van der Waals surface area contributed by atoms with Crippen molar-refractivity contribution in [2.45, 2.75) is 25.8 Å². The number of rotatable bonds is 5. The summed E-state index contributed by atoms with van der Waals surface area (Å²) in [7, 11) is 3.37. The van der Waals surface area contributed by atoms with E-state index < -0.39 is 0 Å². The van der Waals surface area contributed by atoms with Crippen LogP contribution in [0.25, 0.3) is 0 Å². The minimum Gasteiger partial charge on any atom is -0.481 e. The van der Waals surface area contributed by atoms with Gasteiger partial charge in [-0.3, -0.25) is 9.79 Å². The number of pyridine rings is 1. The maximum absolute atomic E-state index is 11.1. The van der Waals surface area contributed by atoms with Crippen LogP contribution in [-0.4, -0.2) is 49.0 Å². The second-order valence-electron chi connectivity index (χ2n) is 5.73. The van der Waals surface area contributed by atoms with Crippen LogP contribution in [0, 0.1) is 5.92 Å². The number of carbonyl (C=O) groups is 1. The highest BCUT2D eigenvalue weighted by Gasteiger charge is 2.23. The first-order valence-corrected chi connectivity index (χ1v) is 7.85. The van der Waals surface area contributed by atoms with Gasteiger partial charge >= 0.3 is 0 Å². The molecule has 126 valence electrons. The lowest BCUT2D eigenvalue weighted by Gasteiger charge is -2.34. The second kappa shape index (κ2) is 8.36. The number of carbonyl (C=O) groups excluding carboxylic acids is 1. The highest BCUT2D eigenvalue weighted by atomic mass is 16.5. The average Bonchev–Trinajstić information content (AvgIpc) is 2.55. The maximum atomic E-state index is 11.1. The molecular formula is C16H25N5O2. The Morgan fingerprint density at radius 1 is 1.61 bits per heavy atom. The zero-order chi connectivity index (χ0) is 16.7. The van der Waals surface area contributed by atoms with E-state index in [1.807, 2.05) is 12.1 Å². The number of likely N-dealkylation sites (tertiary alicyclic amines) is 1. The van der Waals surface area contributed by atoms with Crippen molar-refractivity contribution in [1.82, 2.24) is 15.2 Å². The van der Waals surface area contributed by atoms with Crippen molar-refractivity contribution in [3.8, 4) is 5.88 Å². The quantitative estimate of drug-likeness (QED) is 0.617. The number of nitrogens with zero attached hydrogens (tertiary/aromatic N) is 3. The number of nitrogens with two attached hydrogens (primary N) is 1. The minimum atomic E-state index is -0.233. The van der Waals surface area contributed by atoms with Crippen molar-refractivity contribution in [2.75, 3.05) is 27.2 Å². The maximum Gasteiger partial charge on any atom is 0.217 e. The van der Waals surface area contributed by atoms with Crippen LogP contribution in [0.5, 0.6) is 5.88 Å². The first-order chi connectivity index (χ1) is 11.1. The van der Waals surface area contributed by atoms with Crippen LogP contribution in [0.1, 0.15) is 24.8 Å². The van der Waals surface area contributed by atoms with Crippen LogP contribution in [0.4, 0.5) is 0 Å². The van der Waals surface area contributed by atoms with Gasteiger partial charge in [0.1, 0.15) is 0 Å². The summed E-state index contributed by atoms with van der Waals surface area (Å²) in [5.74, 6) is 1.51. The molecule has 1 amide bonds. The average molecular weight is 319 g/mol. The van der Waals surface area contributed by atoms with Gasteiger partial charge in [-0.1, -0.05) is 0 Å². The number of aromatic nitrogens is 1. The summed E-state index contributed by atoms with van der Waals surface area (Å²) in [6.07, 6.45) is 4.25. The smallest absolute Gasteiger partial charge is 0.217 e. The third kappa shape index (κ3) is 5.12. The fourth-order valence-corrected chi connectivity index (χ4v) is 2.89. The molecule has 2 heterocycles. The second-order valence-corrected chi connectivity index (χ2v) is 5.73. The molecule has 0 saturated carbocycles. The largest absolute Gasteiger partial charge is 0.481 e. The Balaban J connectivity index is 1.92. The Hall–Kier alpha value is -2.31. The number of hydrogen-bond donors (Lipinski definition) is 2. The number of ether oxygens (including phenoxy) is 1. The standard InChI is InChI=1S/C16H25N5O2/c1-18-16(20-10-12-5-6-19-15(9-12)23-2)21-7-3-4-13(11-21)8-14(17)22/h5-6,9,13H,3-4,7-8,10-11H2,1-2H3,(H2,17,22)(H,18,20). The molecule has 1 fully saturated rings. The van der Waals surface area contributed by atoms with E-state index in [4.69, 9.17) is 10.5 Å². The van der Waals surface area contributed by atoms with Gasteiger partial charge in [0.2, 0.25) is 11.8 Å². The predicted octanol–water partition coefficient (Wildman–Crippen LogP) is 0.753. The first kappa shape index (κ1) is 17.1. The monoisotopic (exact) mass is 319 g/mol. The van der Waals surface area contributed by atoms with Crippen LogP contribution in [0.15, 0.2) is 23.3 Å². The van der Waals surface area contributed by atoms with Crippen molar-refractivity contribution in [3.63, 3.8) is 0 Å². The van der Waals surface area contributed by atoms with E-state index in [0.717, 1.165) is 37.5 Å². The molecule has 1 aliphatic rings. The molecular weight excluding hydrogens is 294 g/mol. The molecule has 0 aliphatic carbocycles. The normalized spacial score (nSPS) is 18.6. The molecule has 0 bridgehead atoms. The predicted molar refractivity (Wildman–Crippen MR) is 89.1 cm³/mol. The molecule has 7 heteroatoms. The van der Waals surface area contributed by atoms with Gasteiger partial charge in [-0.05, 0) is 30.4 Å². The molecule has 1 saturated heterocycles. The van der Waals surface area contributed by atoms with E-state index in [1.54, 1.807) is 20.4 Å². The number of hydrogen-bond acceptors (Lipinski definition) is 4. The topological polar surface area (TPSA) is 92.8 Å². The van der Waals surface area contributed by atoms with E-state index in [1.165, 1.54) is 0 Å². The number of piperidine rings is 1. The number of primary amides is 1. The minimum absolute atomic E-state index is 0.233. The molecule has 2 rings (SSSR count). The van der Waals surface area contributed by atoms with Crippen LogP contribution in [0.3, 0.4) is 0 Å². The van der Waals surface area contributed by atoms with Gasteiger partial charge in [0, 0.05) is 45.4 Å². The molecule has 1 aromatic heterocycles. The molecule has 1 unspecified atom stereocenters. The lowest BCUT2D eigenvalue weighted by Crippen LogP contribution is -2.46. The molecule has 1 aliphatic heterocycles. The number of methoxy groups -OCH3 is 1. The summed E-state index contributed by atoms with van der Waals surface area (Å²) in [4.78, 5) is 21.8. The fourth-order valence-electron chi connectivity index (χ4n) is 2.89. The van der Waals surface area contributed by atoms with Crippen LogP contribution >= 0.6 is 0 Å².